The number of rotatable bonds is 6. The zero-order valence-electron chi connectivity index (χ0n) is 14.7. The van der Waals surface area contributed by atoms with E-state index < -0.39 is 0 Å². The summed E-state index contributed by atoms with van der Waals surface area (Å²) in [6.07, 6.45) is 6.00. The van der Waals surface area contributed by atoms with E-state index in [0.717, 1.165) is 56.0 Å². The second kappa shape index (κ2) is 8.55. The lowest BCUT2D eigenvalue weighted by Gasteiger charge is -2.32. The minimum atomic E-state index is 0.254. The van der Waals surface area contributed by atoms with Crippen LogP contribution in [0.25, 0.3) is 0 Å². The zero-order chi connectivity index (χ0) is 17.5. The normalized spacial score (nSPS) is 15.2. The smallest absolute Gasteiger partial charge is 0.222 e. The summed E-state index contributed by atoms with van der Waals surface area (Å²) >= 11 is 0. The number of hydrogen-bond donors (Lipinski definition) is 1. The molecule has 1 N–H and O–H groups in total. The molecule has 3 heterocycles. The van der Waals surface area contributed by atoms with E-state index in [1.54, 1.807) is 6.20 Å². The molecule has 0 spiro atoms. The summed E-state index contributed by atoms with van der Waals surface area (Å²) in [6.45, 7) is 3.54. The minimum absolute atomic E-state index is 0.254. The molecule has 2 aromatic heterocycles. The number of carbonyl (C=O) groups is 1. The summed E-state index contributed by atoms with van der Waals surface area (Å²) in [7, 11) is 0. The first-order valence-electron chi connectivity index (χ1n) is 8.95. The van der Waals surface area contributed by atoms with E-state index in [2.05, 4.69) is 20.5 Å². The second-order valence-corrected chi connectivity index (χ2v) is 6.53. The number of pyridine rings is 1. The summed E-state index contributed by atoms with van der Waals surface area (Å²) in [5.41, 5.74) is 1.97. The van der Waals surface area contributed by atoms with E-state index in [1.165, 1.54) is 0 Å². The van der Waals surface area contributed by atoms with Gasteiger partial charge in [-0.25, -0.2) is 0 Å². The largest absolute Gasteiger partial charge is 0.366 e. The molecule has 132 valence electrons. The van der Waals surface area contributed by atoms with E-state index in [0.29, 0.717) is 12.5 Å². The number of carbonyl (C=O) groups excluding carboxylic acids is 1. The molecule has 6 nitrogen and oxygen atoms in total. The number of aromatic nitrogens is 3. The van der Waals surface area contributed by atoms with Gasteiger partial charge in [-0.1, -0.05) is 6.07 Å². The topological polar surface area (TPSA) is 71.0 Å². The van der Waals surface area contributed by atoms with Crippen molar-refractivity contribution in [3.63, 3.8) is 0 Å². The highest BCUT2D eigenvalue weighted by atomic mass is 16.2. The van der Waals surface area contributed by atoms with Gasteiger partial charge in [-0.2, -0.15) is 5.10 Å². The van der Waals surface area contributed by atoms with Crippen LogP contribution in [0.1, 0.15) is 37.1 Å². The number of aryl methyl sites for hydroxylation is 2. The van der Waals surface area contributed by atoms with Crippen LogP contribution in [0.3, 0.4) is 0 Å². The molecule has 3 rings (SSSR count). The molecule has 0 bridgehead atoms. The van der Waals surface area contributed by atoms with E-state index in [1.807, 2.05) is 42.2 Å². The van der Waals surface area contributed by atoms with Gasteiger partial charge in [0.1, 0.15) is 5.82 Å². The van der Waals surface area contributed by atoms with Gasteiger partial charge < -0.3 is 10.2 Å². The van der Waals surface area contributed by atoms with Gasteiger partial charge in [0, 0.05) is 37.4 Å². The molecule has 6 heteroatoms. The molecule has 1 aliphatic rings. The molecule has 1 amide bonds. The van der Waals surface area contributed by atoms with Gasteiger partial charge >= 0.3 is 0 Å². The van der Waals surface area contributed by atoms with Gasteiger partial charge in [-0.3, -0.25) is 9.78 Å². The molecule has 0 atom stereocenters. The molecule has 0 aromatic carbocycles. The van der Waals surface area contributed by atoms with Crippen LogP contribution in [0, 0.1) is 6.92 Å². The van der Waals surface area contributed by atoms with Crippen LogP contribution in [0.4, 0.5) is 5.82 Å². The van der Waals surface area contributed by atoms with E-state index >= 15 is 0 Å². The zero-order valence-corrected chi connectivity index (χ0v) is 14.7. The predicted molar refractivity (Wildman–Crippen MR) is 97.2 cm³/mol. The first kappa shape index (κ1) is 17.3. The number of nitrogens with zero attached hydrogens (tertiary/aromatic N) is 4. The van der Waals surface area contributed by atoms with Gasteiger partial charge in [0.2, 0.25) is 5.91 Å². The number of hydrogen-bond acceptors (Lipinski definition) is 5. The first-order valence-corrected chi connectivity index (χ1v) is 8.95. The van der Waals surface area contributed by atoms with Crippen molar-refractivity contribution in [3.8, 4) is 0 Å². The molecule has 0 radical (unpaired) electrons. The Morgan fingerprint density at radius 2 is 2.04 bits per heavy atom. The van der Waals surface area contributed by atoms with Crippen molar-refractivity contribution < 1.29 is 4.79 Å². The van der Waals surface area contributed by atoms with Crippen molar-refractivity contribution in [3.05, 3.63) is 47.9 Å². The summed E-state index contributed by atoms with van der Waals surface area (Å²) in [6, 6.07) is 10.2. The maximum Gasteiger partial charge on any atom is 0.222 e. The lowest BCUT2D eigenvalue weighted by Crippen LogP contribution is -2.42. The molecule has 0 aliphatic carbocycles. The second-order valence-electron chi connectivity index (χ2n) is 6.53. The maximum atomic E-state index is 12.4. The molecular weight excluding hydrogens is 314 g/mol. The van der Waals surface area contributed by atoms with Crippen LogP contribution in [0.5, 0.6) is 0 Å². The number of nitrogens with one attached hydrogen (secondary N) is 1. The van der Waals surface area contributed by atoms with Crippen LogP contribution in [-0.4, -0.2) is 45.1 Å². The van der Waals surface area contributed by atoms with E-state index in [4.69, 9.17) is 0 Å². The van der Waals surface area contributed by atoms with Crippen LogP contribution in [-0.2, 0) is 11.2 Å². The third-order valence-electron chi connectivity index (χ3n) is 4.55. The Bertz CT molecular complexity index is 666. The summed E-state index contributed by atoms with van der Waals surface area (Å²) in [5, 5.41) is 11.6. The van der Waals surface area contributed by atoms with Crippen molar-refractivity contribution >= 4 is 11.7 Å². The predicted octanol–water partition coefficient (Wildman–Crippen LogP) is 2.61. The SMILES string of the molecule is Cc1ccc(NC2CCN(C(=O)CCCc3ccccn3)CC2)nn1. The molecule has 0 saturated carbocycles. The van der Waals surface area contributed by atoms with Crippen LogP contribution >= 0.6 is 0 Å². The Morgan fingerprint density at radius 3 is 2.72 bits per heavy atom. The highest BCUT2D eigenvalue weighted by Crippen LogP contribution is 2.16. The van der Waals surface area contributed by atoms with Crippen LogP contribution < -0.4 is 5.32 Å². The standard InChI is InChI=1S/C19H25N5O/c1-15-8-9-18(23-22-15)21-17-10-13-24(14-11-17)19(25)7-4-6-16-5-2-3-12-20-16/h2-3,5,8-9,12,17H,4,6-7,10-11,13-14H2,1H3,(H,21,23). The Hall–Kier alpha value is -2.50. The fourth-order valence-corrected chi connectivity index (χ4v) is 3.08. The number of anilines is 1. The summed E-state index contributed by atoms with van der Waals surface area (Å²) in [5.74, 6) is 1.07. The Balaban J connectivity index is 1.38. The van der Waals surface area contributed by atoms with Gasteiger partial charge in [0.05, 0.1) is 5.69 Å². The average Bonchev–Trinajstić information content (AvgIpc) is 2.65. The Labute approximate surface area is 148 Å². The monoisotopic (exact) mass is 339 g/mol. The number of piperidine rings is 1. The minimum Gasteiger partial charge on any atom is -0.366 e. The molecule has 2 aromatic rings. The van der Waals surface area contributed by atoms with E-state index in [-0.39, 0.29) is 5.91 Å². The molecule has 1 saturated heterocycles. The molecule has 1 aliphatic heterocycles. The first-order chi connectivity index (χ1) is 12.2. The van der Waals surface area contributed by atoms with E-state index in [9.17, 15) is 4.79 Å². The fraction of sp³-hybridized carbons (Fsp3) is 0.474. The lowest BCUT2D eigenvalue weighted by molar-refractivity contribution is -0.132. The number of amides is 1. The Morgan fingerprint density at radius 1 is 1.20 bits per heavy atom. The third kappa shape index (κ3) is 5.24. The molecule has 1 fully saturated rings. The van der Waals surface area contributed by atoms with Crippen molar-refractivity contribution in [1.82, 2.24) is 20.1 Å². The quantitative estimate of drug-likeness (QED) is 0.876. The average molecular weight is 339 g/mol. The Kier molecular flexibility index (Phi) is 5.93. The highest BCUT2D eigenvalue weighted by molar-refractivity contribution is 5.76. The summed E-state index contributed by atoms with van der Waals surface area (Å²) in [4.78, 5) is 18.6. The lowest BCUT2D eigenvalue weighted by atomic mass is 10.0. The molecule has 25 heavy (non-hydrogen) atoms. The highest BCUT2D eigenvalue weighted by Gasteiger charge is 2.22. The fourth-order valence-electron chi connectivity index (χ4n) is 3.08. The molecular formula is C19H25N5O. The van der Waals surface area contributed by atoms with Crippen molar-refractivity contribution in [2.45, 2.75) is 45.1 Å². The van der Waals surface area contributed by atoms with Gasteiger partial charge in [0.15, 0.2) is 0 Å². The molecule has 0 unspecified atom stereocenters. The van der Waals surface area contributed by atoms with Gasteiger partial charge in [-0.15, -0.1) is 5.10 Å². The third-order valence-corrected chi connectivity index (χ3v) is 4.55. The van der Waals surface area contributed by atoms with Crippen LogP contribution in [0.2, 0.25) is 0 Å². The van der Waals surface area contributed by atoms with Crippen molar-refractivity contribution in [2.24, 2.45) is 0 Å². The van der Waals surface area contributed by atoms with Gasteiger partial charge in [-0.05, 0) is 56.9 Å². The maximum absolute atomic E-state index is 12.4. The van der Waals surface area contributed by atoms with Crippen LogP contribution in [0.15, 0.2) is 36.5 Å². The summed E-state index contributed by atoms with van der Waals surface area (Å²) < 4.78 is 0. The number of likely N-dealkylation sites (tertiary alicyclic amines) is 1. The van der Waals surface area contributed by atoms with Gasteiger partial charge in [0.25, 0.3) is 0 Å². The van der Waals surface area contributed by atoms with Crippen molar-refractivity contribution in [2.75, 3.05) is 18.4 Å². The van der Waals surface area contributed by atoms with Crippen molar-refractivity contribution in [1.29, 1.82) is 0 Å².